The Labute approximate surface area is 206 Å². The number of carbonyl (C=O) groups excluding carboxylic acids is 1. The van der Waals surface area contributed by atoms with E-state index in [1.807, 2.05) is 32.0 Å². The third-order valence-electron chi connectivity index (χ3n) is 7.14. The summed E-state index contributed by atoms with van der Waals surface area (Å²) in [5, 5.41) is 0. The lowest BCUT2D eigenvalue weighted by atomic mass is 9.86. The molecule has 1 amide bonds. The van der Waals surface area contributed by atoms with Gasteiger partial charge in [0.2, 0.25) is 0 Å². The number of nitrogens with zero attached hydrogens (tertiary/aromatic N) is 2. The molecule has 2 atom stereocenters. The molecule has 9 nitrogen and oxygen atoms in total. The fraction of sp³-hybridized carbons (Fsp3) is 0.480. The zero-order chi connectivity index (χ0) is 24.8. The summed E-state index contributed by atoms with van der Waals surface area (Å²) in [4.78, 5) is 14.9. The zero-order valence-corrected chi connectivity index (χ0v) is 21.0. The quantitative estimate of drug-likeness (QED) is 0.626. The number of benzene rings is 2. The van der Waals surface area contributed by atoms with Crippen molar-refractivity contribution in [3.63, 3.8) is 0 Å². The maximum Gasteiger partial charge on any atom is 0.302 e. The van der Waals surface area contributed by atoms with E-state index in [4.69, 9.17) is 14.2 Å². The smallest absolute Gasteiger partial charge is 0.302 e. The summed E-state index contributed by atoms with van der Waals surface area (Å²) in [5.41, 5.74) is 2.66. The summed E-state index contributed by atoms with van der Waals surface area (Å²) < 4.78 is 47.0. The van der Waals surface area contributed by atoms with E-state index < -0.39 is 10.2 Å². The van der Waals surface area contributed by atoms with Crippen LogP contribution in [0.5, 0.6) is 5.75 Å². The molecule has 3 fully saturated rings. The Morgan fingerprint density at radius 1 is 1.11 bits per heavy atom. The Hall–Kier alpha value is -2.66. The Kier molecular flexibility index (Phi) is 6.25. The molecule has 0 radical (unpaired) electrons. The fourth-order valence-electron chi connectivity index (χ4n) is 4.92. The number of amides is 1. The van der Waals surface area contributed by atoms with E-state index in [-0.39, 0.29) is 23.7 Å². The van der Waals surface area contributed by atoms with Gasteiger partial charge >= 0.3 is 10.2 Å². The topological polar surface area (TPSA) is 97.4 Å². The summed E-state index contributed by atoms with van der Waals surface area (Å²) in [7, 11) is -2.09. The third kappa shape index (κ3) is 4.51. The molecule has 10 heteroatoms. The molecule has 3 aliphatic heterocycles. The van der Waals surface area contributed by atoms with Gasteiger partial charge < -0.3 is 19.1 Å². The predicted octanol–water partition coefficient (Wildman–Crippen LogP) is 2.35. The Morgan fingerprint density at radius 2 is 1.89 bits per heavy atom. The first kappa shape index (κ1) is 24.1. The van der Waals surface area contributed by atoms with Crippen molar-refractivity contribution in [2.24, 2.45) is 0 Å². The van der Waals surface area contributed by atoms with Crippen LogP contribution in [0.1, 0.15) is 27.9 Å². The second-order valence-corrected chi connectivity index (χ2v) is 11.2. The molecule has 3 heterocycles. The molecule has 0 aliphatic carbocycles. The molecule has 0 bridgehead atoms. The molecule has 2 aromatic rings. The van der Waals surface area contributed by atoms with E-state index >= 15 is 0 Å². The van der Waals surface area contributed by atoms with Crippen molar-refractivity contribution < 1.29 is 27.4 Å². The molecule has 5 rings (SSSR count). The van der Waals surface area contributed by atoms with E-state index in [1.165, 1.54) is 4.31 Å². The maximum absolute atomic E-state index is 13.2. The maximum atomic E-state index is 13.2. The highest BCUT2D eigenvalue weighted by molar-refractivity contribution is 7.90. The summed E-state index contributed by atoms with van der Waals surface area (Å²) in [6, 6.07) is 12.7. The predicted molar refractivity (Wildman–Crippen MR) is 131 cm³/mol. The summed E-state index contributed by atoms with van der Waals surface area (Å²) in [5.74, 6) is 0.452. The first-order valence-electron chi connectivity index (χ1n) is 11.8. The lowest BCUT2D eigenvalue weighted by Crippen LogP contribution is -2.72. The standard InChI is InChI=1S/C25H31N3O6S/c1-17-7-8-18(2)21(11-17)24(29)27-13-22(32-3)23(14-27)34-20-6-4-5-19(12-20)26-35(30,31)28-10-9-25(28)15-33-16-25/h4-8,11-12,22-23,26H,9-10,13-16H2,1-3H3/t22-,23-/m1/s1. The van der Waals surface area contributed by atoms with Crippen LogP contribution in [-0.4, -0.2) is 81.2 Å². The van der Waals surface area contributed by atoms with Crippen LogP contribution in [0.4, 0.5) is 5.69 Å². The van der Waals surface area contributed by atoms with Crippen molar-refractivity contribution in [2.45, 2.75) is 38.0 Å². The molecule has 35 heavy (non-hydrogen) atoms. The zero-order valence-electron chi connectivity index (χ0n) is 20.2. The minimum atomic E-state index is -3.69. The minimum Gasteiger partial charge on any atom is -0.486 e. The van der Waals surface area contributed by atoms with Crippen LogP contribution < -0.4 is 9.46 Å². The third-order valence-corrected chi connectivity index (χ3v) is 8.78. The van der Waals surface area contributed by atoms with Gasteiger partial charge in [0.1, 0.15) is 18.0 Å². The Bertz CT molecular complexity index is 1220. The highest BCUT2D eigenvalue weighted by Gasteiger charge is 2.56. The molecular formula is C25H31N3O6S. The number of nitrogens with one attached hydrogen (secondary N) is 1. The van der Waals surface area contributed by atoms with Gasteiger partial charge in [0.25, 0.3) is 5.91 Å². The summed E-state index contributed by atoms with van der Waals surface area (Å²) in [6.07, 6.45) is 0.129. The van der Waals surface area contributed by atoms with Crippen LogP contribution in [0.15, 0.2) is 42.5 Å². The van der Waals surface area contributed by atoms with Crippen LogP contribution >= 0.6 is 0 Å². The van der Waals surface area contributed by atoms with E-state index in [0.717, 1.165) is 17.5 Å². The van der Waals surface area contributed by atoms with E-state index in [1.54, 1.807) is 36.3 Å². The molecule has 0 aromatic heterocycles. The lowest BCUT2D eigenvalue weighted by Gasteiger charge is -2.55. The number of rotatable bonds is 7. The van der Waals surface area contributed by atoms with Gasteiger partial charge in [0, 0.05) is 25.3 Å². The number of likely N-dealkylation sites (tertiary alicyclic amines) is 1. The molecule has 3 aliphatic rings. The van der Waals surface area contributed by atoms with Crippen molar-refractivity contribution in [1.82, 2.24) is 9.21 Å². The molecule has 1 spiro atoms. The molecule has 1 N–H and O–H groups in total. The number of hydrogen-bond donors (Lipinski definition) is 1. The van der Waals surface area contributed by atoms with E-state index in [0.29, 0.717) is 49.8 Å². The van der Waals surface area contributed by atoms with Crippen molar-refractivity contribution in [1.29, 1.82) is 0 Å². The van der Waals surface area contributed by atoms with Crippen LogP contribution in [0.3, 0.4) is 0 Å². The highest BCUT2D eigenvalue weighted by atomic mass is 32.2. The molecule has 3 saturated heterocycles. The van der Waals surface area contributed by atoms with Crippen LogP contribution in [0.25, 0.3) is 0 Å². The summed E-state index contributed by atoms with van der Waals surface area (Å²) >= 11 is 0. The normalized spacial score (nSPS) is 23.6. The van der Waals surface area contributed by atoms with Crippen LogP contribution in [0, 0.1) is 13.8 Å². The van der Waals surface area contributed by atoms with E-state index in [2.05, 4.69) is 4.72 Å². The van der Waals surface area contributed by atoms with Gasteiger partial charge in [0.15, 0.2) is 0 Å². The summed E-state index contributed by atoms with van der Waals surface area (Å²) in [6.45, 7) is 6.04. The number of methoxy groups -OCH3 is 1. The van der Waals surface area contributed by atoms with Gasteiger partial charge in [-0.2, -0.15) is 12.7 Å². The van der Waals surface area contributed by atoms with Gasteiger partial charge in [-0.15, -0.1) is 0 Å². The number of carbonyl (C=O) groups is 1. The Morgan fingerprint density at radius 3 is 2.54 bits per heavy atom. The van der Waals surface area contributed by atoms with E-state index in [9.17, 15) is 13.2 Å². The highest BCUT2D eigenvalue weighted by Crippen LogP contribution is 2.40. The van der Waals surface area contributed by atoms with Gasteiger partial charge in [-0.05, 0) is 44.0 Å². The second-order valence-electron chi connectivity index (χ2n) is 9.63. The molecule has 188 valence electrons. The van der Waals surface area contributed by atoms with Crippen LogP contribution in [0.2, 0.25) is 0 Å². The Balaban J connectivity index is 1.27. The first-order valence-corrected chi connectivity index (χ1v) is 13.2. The first-order chi connectivity index (χ1) is 16.7. The minimum absolute atomic E-state index is 0.0516. The van der Waals surface area contributed by atoms with Gasteiger partial charge in [-0.3, -0.25) is 9.52 Å². The number of ether oxygens (including phenoxy) is 3. The molecular weight excluding hydrogens is 470 g/mol. The van der Waals surface area contributed by atoms with Crippen molar-refractivity contribution in [3.8, 4) is 5.75 Å². The van der Waals surface area contributed by atoms with Crippen molar-refractivity contribution in [3.05, 3.63) is 59.2 Å². The number of anilines is 1. The number of aryl methyl sites for hydroxylation is 2. The van der Waals surface area contributed by atoms with Gasteiger partial charge in [-0.1, -0.05) is 23.8 Å². The average molecular weight is 502 g/mol. The molecule has 0 saturated carbocycles. The fourth-order valence-corrected chi connectivity index (χ4v) is 6.49. The number of hydrogen-bond acceptors (Lipinski definition) is 6. The second kappa shape index (κ2) is 9.09. The van der Waals surface area contributed by atoms with Gasteiger partial charge in [0.05, 0.1) is 37.5 Å². The molecule has 2 aromatic carbocycles. The monoisotopic (exact) mass is 501 g/mol. The largest absolute Gasteiger partial charge is 0.486 e. The van der Waals surface area contributed by atoms with Crippen LogP contribution in [-0.2, 0) is 19.7 Å². The SMILES string of the molecule is CO[C@@H]1CN(C(=O)c2cc(C)ccc2C)C[C@H]1Oc1cccc(NS(=O)(=O)N2CCC23COC3)c1. The molecule has 0 unspecified atom stereocenters. The lowest BCUT2D eigenvalue weighted by molar-refractivity contribution is -0.156. The average Bonchev–Trinajstić information content (AvgIpc) is 3.15. The van der Waals surface area contributed by atoms with Crippen molar-refractivity contribution >= 4 is 21.8 Å². The van der Waals surface area contributed by atoms with Crippen molar-refractivity contribution in [2.75, 3.05) is 44.7 Å². The van der Waals surface area contributed by atoms with Gasteiger partial charge in [-0.25, -0.2) is 0 Å².